The lowest BCUT2D eigenvalue weighted by Gasteiger charge is -2.20. The highest BCUT2D eigenvalue weighted by Gasteiger charge is 2.55. The fourth-order valence-electron chi connectivity index (χ4n) is 3.26. The maximum absolute atomic E-state index is 13.9. The molecule has 11 heteroatoms. The predicted molar refractivity (Wildman–Crippen MR) is 111 cm³/mol. The van der Waals surface area contributed by atoms with E-state index in [0.717, 1.165) is 15.5 Å². The number of hydrogen-bond acceptors (Lipinski definition) is 6. The van der Waals surface area contributed by atoms with Crippen LogP contribution in [0, 0.1) is 12.7 Å². The molecule has 0 spiro atoms. The molecule has 30 heavy (non-hydrogen) atoms. The lowest BCUT2D eigenvalue weighted by molar-refractivity contribution is -0.123. The molecule has 0 saturated carbocycles. The lowest BCUT2D eigenvalue weighted by Crippen LogP contribution is -2.43. The number of imide groups is 1. The molecule has 4 rings (SSSR count). The third-order valence-electron chi connectivity index (χ3n) is 4.78. The van der Waals surface area contributed by atoms with E-state index in [-0.39, 0.29) is 12.2 Å². The summed E-state index contributed by atoms with van der Waals surface area (Å²) in [5.41, 5.74) is 1.12. The van der Waals surface area contributed by atoms with Crippen molar-refractivity contribution in [3.8, 4) is 0 Å². The summed E-state index contributed by atoms with van der Waals surface area (Å²) in [4.78, 5) is 39.0. The molecule has 0 radical (unpaired) electrons. The van der Waals surface area contributed by atoms with E-state index in [4.69, 9.17) is 11.6 Å². The Balaban J connectivity index is 1.50. The minimum Gasteiger partial charge on any atom is -0.322 e. The highest BCUT2D eigenvalue weighted by atomic mass is 79.9. The van der Waals surface area contributed by atoms with E-state index in [9.17, 15) is 18.8 Å². The zero-order valence-electron chi connectivity index (χ0n) is 15.5. The Hall–Kier alpha value is -2.85. The van der Waals surface area contributed by atoms with Crippen LogP contribution in [-0.4, -0.2) is 41.4 Å². The molecule has 2 heterocycles. The molecule has 1 saturated heterocycles. The number of nitrogens with one attached hydrogen (secondary N) is 1. The van der Waals surface area contributed by atoms with Gasteiger partial charge in [0.2, 0.25) is 5.91 Å². The van der Waals surface area contributed by atoms with Gasteiger partial charge in [0.25, 0.3) is 11.8 Å². The van der Waals surface area contributed by atoms with E-state index < -0.39 is 35.6 Å². The number of halogens is 3. The van der Waals surface area contributed by atoms with Gasteiger partial charge in [-0.1, -0.05) is 38.8 Å². The molecule has 3 amide bonds. The van der Waals surface area contributed by atoms with E-state index in [1.807, 2.05) is 0 Å². The van der Waals surface area contributed by atoms with Crippen LogP contribution in [0.3, 0.4) is 0 Å². The van der Waals surface area contributed by atoms with E-state index in [0.29, 0.717) is 15.2 Å². The monoisotopic (exact) mass is 493 g/mol. The number of carbonyl (C=O) groups excluding carboxylic acids is 3. The molecule has 1 fully saturated rings. The molecule has 0 aromatic heterocycles. The molecular weight excluding hydrogens is 481 g/mol. The van der Waals surface area contributed by atoms with Crippen LogP contribution in [0.2, 0.25) is 5.02 Å². The Morgan fingerprint density at radius 1 is 1.23 bits per heavy atom. The highest BCUT2D eigenvalue weighted by molar-refractivity contribution is 9.10. The largest absolute Gasteiger partial charge is 0.322 e. The first-order valence-corrected chi connectivity index (χ1v) is 9.99. The van der Waals surface area contributed by atoms with E-state index in [2.05, 4.69) is 31.6 Å². The Kier molecular flexibility index (Phi) is 5.29. The van der Waals surface area contributed by atoms with E-state index in [1.54, 1.807) is 25.1 Å². The minimum atomic E-state index is -1.05. The fourth-order valence-corrected chi connectivity index (χ4v) is 3.76. The normalized spacial score (nSPS) is 20.1. The molecule has 2 aliphatic heterocycles. The van der Waals surface area contributed by atoms with Gasteiger partial charge in [-0.2, -0.15) is 5.11 Å². The Morgan fingerprint density at radius 3 is 2.70 bits per heavy atom. The molecule has 0 bridgehead atoms. The van der Waals surface area contributed by atoms with Gasteiger partial charge in [-0.15, -0.1) is 0 Å². The van der Waals surface area contributed by atoms with Crippen molar-refractivity contribution in [2.45, 2.75) is 19.0 Å². The molecule has 0 unspecified atom stereocenters. The van der Waals surface area contributed by atoms with Crippen molar-refractivity contribution in [2.75, 3.05) is 16.8 Å². The number of amides is 3. The number of aryl methyl sites for hydroxylation is 1. The third kappa shape index (κ3) is 3.56. The zero-order chi connectivity index (χ0) is 21.6. The molecule has 2 aromatic rings. The van der Waals surface area contributed by atoms with Crippen LogP contribution in [-0.2, 0) is 14.4 Å². The average Bonchev–Trinajstić information content (AvgIpc) is 3.20. The van der Waals surface area contributed by atoms with E-state index >= 15 is 0 Å². The van der Waals surface area contributed by atoms with Crippen LogP contribution >= 0.6 is 27.5 Å². The summed E-state index contributed by atoms with van der Waals surface area (Å²) in [5.74, 6) is -2.32. The highest BCUT2D eigenvalue weighted by Crippen LogP contribution is 2.33. The van der Waals surface area contributed by atoms with Crippen LogP contribution in [0.15, 0.2) is 51.2 Å². The maximum Gasteiger partial charge on any atom is 0.263 e. The number of hydrogen-bond donors (Lipinski definition) is 1. The zero-order valence-corrected chi connectivity index (χ0v) is 17.8. The SMILES string of the molecule is Cc1ccc(N2C(=O)[C@@H]3[C@@H](N=NN3CC(=O)Nc3ccc(Br)cc3F)C2=O)cc1Cl. The molecule has 1 N–H and O–H groups in total. The molecule has 2 aromatic carbocycles. The molecule has 8 nitrogen and oxygen atoms in total. The van der Waals surface area contributed by atoms with Gasteiger partial charge in [-0.05, 0) is 42.8 Å². The molecule has 2 aliphatic rings. The van der Waals surface area contributed by atoms with Crippen molar-refractivity contribution in [1.82, 2.24) is 5.01 Å². The van der Waals surface area contributed by atoms with Gasteiger partial charge in [0.05, 0.1) is 11.4 Å². The molecule has 0 aliphatic carbocycles. The first kappa shape index (κ1) is 20.4. The van der Waals surface area contributed by atoms with Gasteiger partial charge < -0.3 is 5.32 Å². The summed E-state index contributed by atoms with van der Waals surface area (Å²) in [5, 5.41) is 11.6. The number of rotatable bonds is 4. The Morgan fingerprint density at radius 2 is 2.00 bits per heavy atom. The van der Waals surface area contributed by atoms with Crippen LogP contribution in [0.5, 0.6) is 0 Å². The van der Waals surface area contributed by atoms with Crippen molar-refractivity contribution >= 4 is 56.6 Å². The number of anilines is 2. The van der Waals surface area contributed by atoms with Gasteiger partial charge in [-0.3, -0.25) is 19.4 Å². The van der Waals surface area contributed by atoms with Crippen molar-refractivity contribution < 1.29 is 18.8 Å². The van der Waals surface area contributed by atoms with Crippen molar-refractivity contribution in [3.63, 3.8) is 0 Å². The van der Waals surface area contributed by atoms with Crippen LogP contribution in [0.25, 0.3) is 0 Å². The van der Waals surface area contributed by atoms with Crippen LogP contribution in [0.4, 0.5) is 15.8 Å². The lowest BCUT2D eigenvalue weighted by atomic mass is 10.1. The second-order valence-electron chi connectivity index (χ2n) is 6.81. The molecular formula is C19H14BrClFN5O3. The van der Waals surface area contributed by atoms with E-state index in [1.165, 1.54) is 18.2 Å². The quantitative estimate of drug-likeness (QED) is 0.659. The van der Waals surface area contributed by atoms with Crippen molar-refractivity contribution in [3.05, 3.63) is 57.3 Å². The first-order valence-electron chi connectivity index (χ1n) is 8.82. The minimum absolute atomic E-state index is 0.0133. The second-order valence-corrected chi connectivity index (χ2v) is 8.13. The van der Waals surface area contributed by atoms with Gasteiger partial charge in [0.1, 0.15) is 12.4 Å². The number of carbonyl (C=O) groups is 3. The maximum atomic E-state index is 13.9. The first-order chi connectivity index (χ1) is 14.3. The van der Waals surface area contributed by atoms with Gasteiger partial charge >= 0.3 is 0 Å². The van der Waals surface area contributed by atoms with Gasteiger partial charge in [0.15, 0.2) is 12.1 Å². The van der Waals surface area contributed by atoms with Crippen LogP contribution in [0.1, 0.15) is 5.56 Å². The molecule has 154 valence electrons. The summed E-state index contributed by atoms with van der Waals surface area (Å²) in [6, 6.07) is 6.94. The fraction of sp³-hybridized carbons (Fsp3) is 0.211. The smallest absolute Gasteiger partial charge is 0.263 e. The average molecular weight is 495 g/mol. The summed E-state index contributed by atoms with van der Waals surface area (Å²) in [7, 11) is 0. The predicted octanol–water partition coefficient (Wildman–Crippen LogP) is 3.48. The van der Waals surface area contributed by atoms with Gasteiger partial charge in [0, 0.05) is 9.50 Å². The summed E-state index contributed by atoms with van der Waals surface area (Å²) in [6.07, 6.45) is 0. The number of nitrogens with zero attached hydrogens (tertiary/aromatic N) is 4. The van der Waals surface area contributed by atoms with Crippen LogP contribution < -0.4 is 10.2 Å². The van der Waals surface area contributed by atoms with Crippen molar-refractivity contribution in [1.29, 1.82) is 0 Å². The third-order valence-corrected chi connectivity index (χ3v) is 5.68. The summed E-state index contributed by atoms with van der Waals surface area (Å²) < 4.78 is 14.5. The standard InChI is InChI=1S/C19H14BrClFN5O3/c1-9-2-4-11(7-12(9)21)27-18(29)16-17(19(27)30)26(25-24-16)8-15(28)23-14-5-3-10(20)6-13(14)22/h2-7,16-17H,8H2,1H3,(H,23,28)/t16-,17+/m1/s1. The summed E-state index contributed by atoms with van der Waals surface area (Å²) >= 11 is 9.26. The Labute approximate surface area is 183 Å². The topological polar surface area (TPSA) is 94.4 Å². The summed E-state index contributed by atoms with van der Waals surface area (Å²) in [6.45, 7) is 1.43. The van der Waals surface area contributed by atoms with Gasteiger partial charge in [-0.25, -0.2) is 9.29 Å². The second kappa shape index (κ2) is 7.77. The van der Waals surface area contributed by atoms with Crippen molar-refractivity contribution in [2.24, 2.45) is 10.3 Å². The molecule has 2 atom stereocenters. The number of fused-ring (bicyclic) bond motifs is 1. The number of benzene rings is 2. The Bertz CT molecular complexity index is 1110.